The molecule has 5 heteroatoms. The van der Waals surface area contributed by atoms with Gasteiger partial charge < -0.3 is 15.5 Å². The monoisotopic (exact) mass is 258 g/mol. The maximum atomic E-state index is 12.0. The van der Waals surface area contributed by atoms with Crippen molar-refractivity contribution >= 4 is 5.91 Å². The molecule has 0 bridgehead atoms. The van der Waals surface area contributed by atoms with Gasteiger partial charge >= 0.3 is 0 Å². The van der Waals surface area contributed by atoms with Crippen molar-refractivity contribution < 1.29 is 15.0 Å². The molecule has 5 nitrogen and oxygen atoms in total. The van der Waals surface area contributed by atoms with Crippen LogP contribution in [0.4, 0.5) is 0 Å². The second-order valence-corrected chi connectivity index (χ2v) is 6.24. The van der Waals surface area contributed by atoms with Crippen molar-refractivity contribution in [3.8, 4) is 0 Å². The molecular weight excluding hydrogens is 232 g/mol. The van der Waals surface area contributed by atoms with E-state index in [-0.39, 0.29) is 30.5 Å². The predicted octanol–water partition coefficient (Wildman–Crippen LogP) is -0.178. The smallest absolute Gasteiger partial charge is 0.224 e. The number of aliphatic hydroxyl groups excluding tert-OH is 2. The first-order valence-electron chi connectivity index (χ1n) is 6.57. The third kappa shape index (κ3) is 3.93. The first-order valence-corrected chi connectivity index (χ1v) is 6.57. The Morgan fingerprint density at radius 1 is 1.44 bits per heavy atom. The lowest BCUT2D eigenvalue weighted by Crippen LogP contribution is -2.42. The summed E-state index contributed by atoms with van der Waals surface area (Å²) in [5.74, 6) is 0.257. The van der Waals surface area contributed by atoms with E-state index in [1.807, 2.05) is 0 Å². The van der Waals surface area contributed by atoms with Gasteiger partial charge in [-0.2, -0.15) is 0 Å². The summed E-state index contributed by atoms with van der Waals surface area (Å²) >= 11 is 0. The van der Waals surface area contributed by atoms with Crippen LogP contribution in [-0.4, -0.2) is 58.9 Å². The largest absolute Gasteiger partial charge is 0.394 e. The van der Waals surface area contributed by atoms with Crippen LogP contribution < -0.4 is 5.32 Å². The summed E-state index contributed by atoms with van der Waals surface area (Å²) in [7, 11) is 0. The number of nitrogens with one attached hydrogen (secondary N) is 1. The zero-order valence-corrected chi connectivity index (χ0v) is 11.8. The van der Waals surface area contributed by atoms with Gasteiger partial charge in [0.05, 0.1) is 18.6 Å². The first-order chi connectivity index (χ1) is 8.25. The van der Waals surface area contributed by atoms with Crippen LogP contribution in [0.15, 0.2) is 0 Å². The number of likely N-dealkylation sites (tertiary alicyclic amines) is 1. The third-order valence-electron chi connectivity index (χ3n) is 3.62. The molecule has 1 unspecified atom stereocenters. The molecule has 1 amide bonds. The summed E-state index contributed by atoms with van der Waals surface area (Å²) in [6.07, 6.45) is -0.871. The average Bonchev–Trinajstić information content (AvgIpc) is 2.67. The van der Waals surface area contributed by atoms with Crippen LogP contribution in [0.2, 0.25) is 0 Å². The SMILES string of the molecule is C[C@H]1CN(C(C)(C)C)C[C@H]1C(=O)NCC(O)CO. The molecule has 0 radical (unpaired) electrons. The highest BCUT2D eigenvalue weighted by atomic mass is 16.3. The Balaban J connectivity index is 2.49. The van der Waals surface area contributed by atoms with E-state index >= 15 is 0 Å². The molecule has 1 fully saturated rings. The van der Waals surface area contributed by atoms with Crippen LogP contribution in [0, 0.1) is 11.8 Å². The van der Waals surface area contributed by atoms with Gasteiger partial charge in [0.1, 0.15) is 0 Å². The Kier molecular flexibility index (Phi) is 5.13. The fraction of sp³-hybridized carbons (Fsp3) is 0.923. The molecule has 0 aromatic carbocycles. The zero-order chi connectivity index (χ0) is 13.9. The molecule has 3 N–H and O–H groups in total. The lowest BCUT2D eigenvalue weighted by molar-refractivity contribution is -0.126. The maximum absolute atomic E-state index is 12.0. The highest BCUT2D eigenvalue weighted by Gasteiger charge is 2.38. The second kappa shape index (κ2) is 5.99. The number of rotatable bonds is 4. The number of hydrogen-bond acceptors (Lipinski definition) is 4. The van der Waals surface area contributed by atoms with Gasteiger partial charge in [0.15, 0.2) is 0 Å². The predicted molar refractivity (Wildman–Crippen MR) is 70.1 cm³/mol. The molecule has 1 heterocycles. The second-order valence-electron chi connectivity index (χ2n) is 6.24. The highest BCUT2D eigenvalue weighted by molar-refractivity contribution is 5.79. The Bertz CT molecular complexity index is 288. The van der Waals surface area contributed by atoms with E-state index in [9.17, 15) is 9.90 Å². The Hall–Kier alpha value is -0.650. The standard InChI is InChI=1S/C13H26N2O3/c1-9-6-15(13(2,3)4)7-11(9)12(18)14-5-10(17)8-16/h9-11,16-17H,5-8H2,1-4H3,(H,14,18)/t9-,10?,11+/m0/s1. The normalized spacial score (nSPS) is 27.2. The van der Waals surface area contributed by atoms with E-state index in [0.29, 0.717) is 5.92 Å². The fourth-order valence-electron chi connectivity index (χ4n) is 2.27. The molecule has 18 heavy (non-hydrogen) atoms. The molecule has 1 aliphatic rings. The summed E-state index contributed by atoms with van der Waals surface area (Å²) in [5, 5.41) is 20.6. The van der Waals surface area contributed by atoms with E-state index in [2.05, 4.69) is 37.9 Å². The van der Waals surface area contributed by atoms with Crippen molar-refractivity contribution in [2.24, 2.45) is 11.8 Å². The van der Waals surface area contributed by atoms with Crippen LogP contribution >= 0.6 is 0 Å². The number of nitrogens with zero attached hydrogens (tertiary/aromatic N) is 1. The van der Waals surface area contributed by atoms with Gasteiger partial charge in [-0.15, -0.1) is 0 Å². The number of amides is 1. The van der Waals surface area contributed by atoms with Crippen LogP contribution in [0.5, 0.6) is 0 Å². The molecule has 0 aromatic heterocycles. The molecule has 3 atom stereocenters. The first kappa shape index (κ1) is 15.4. The van der Waals surface area contributed by atoms with E-state index in [1.54, 1.807) is 0 Å². The number of carbonyl (C=O) groups is 1. The molecule has 0 saturated carbocycles. The minimum Gasteiger partial charge on any atom is -0.394 e. The summed E-state index contributed by atoms with van der Waals surface area (Å²) in [6, 6.07) is 0. The van der Waals surface area contributed by atoms with E-state index in [1.165, 1.54) is 0 Å². The van der Waals surface area contributed by atoms with Crippen molar-refractivity contribution in [2.45, 2.75) is 39.3 Å². The van der Waals surface area contributed by atoms with E-state index < -0.39 is 6.10 Å². The average molecular weight is 258 g/mol. The van der Waals surface area contributed by atoms with Crippen LogP contribution in [-0.2, 0) is 4.79 Å². The number of aliphatic hydroxyl groups is 2. The molecular formula is C13H26N2O3. The van der Waals surface area contributed by atoms with Crippen LogP contribution in [0.1, 0.15) is 27.7 Å². The lowest BCUT2D eigenvalue weighted by atomic mass is 9.97. The zero-order valence-electron chi connectivity index (χ0n) is 11.8. The van der Waals surface area contributed by atoms with Gasteiger partial charge in [-0.05, 0) is 26.7 Å². The lowest BCUT2D eigenvalue weighted by Gasteiger charge is -2.31. The van der Waals surface area contributed by atoms with E-state index in [4.69, 9.17) is 5.11 Å². The molecule has 1 rings (SSSR count). The number of hydrogen-bond donors (Lipinski definition) is 3. The quantitative estimate of drug-likeness (QED) is 0.654. The van der Waals surface area contributed by atoms with Crippen molar-refractivity contribution in [1.29, 1.82) is 0 Å². The minimum atomic E-state index is -0.871. The van der Waals surface area contributed by atoms with Gasteiger partial charge in [-0.1, -0.05) is 6.92 Å². The Morgan fingerprint density at radius 3 is 2.50 bits per heavy atom. The fourth-order valence-corrected chi connectivity index (χ4v) is 2.27. The third-order valence-corrected chi connectivity index (χ3v) is 3.62. The minimum absolute atomic E-state index is 0.0262. The summed E-state index contributed by atoms with van der Waals surface area (Å²) in [6.45, 7) is 10.00. The molecule has 1 aliphatic heterocycles. The van der Waals surface area contributed by atoms with Gasteiger partial charge in [-0.3, -0.25) is 9.69 Å². The summed E-state index contributed by atoms with van der Waals surface area (Å²) in [4.78, 5) is 14.3. The van der Waals surface area contributed by atoms with Crippen molar-refractivity contribution in [3.05, 3.63) is 0 Å². The van der Waals surface area contributed by atoms with Crippen molar-refractivity contribution in [1.82, 2.24) is 10.2 Å². The summed E-state index contributed by atoms with van der Waals surface area (Å²) in [5.41, 5.74) is 0.0773. The maximum Gasteiger partial charge on any atom is 0.224 e. The van der Waals surface area contributed by atoms with Gasteiger partial charge in [0, 0.05) is 25.2 Å². The molecule has 106 valence electrons. The Labute approximate surface area is 109 Å². The van der Waals surface area contributed by atoms with Crippen LogP contribution in [0.3, 0.4) is 0 Å². The topological polar surface area (TPSA) is 72.8 Å². The molecule has 1 saturated heterocycles. The highest BCUT2D eigenvalue weighted by Crippen LogP contribution is 2.28. The van der Waals surface area contributed by atoms with Crippen LogP contribution in [0.25, 0.3) is 0 Å². The molecule has 0 aromatic rings. The van der Waals surface area contributed by atoms with Crippen molar-refractivity contribution in [3.63, 3.8) is 0 Å². The van der Waals surface area contributed by atoms with Gasteiger partial charge in [0.2, 0.25) is 5.91 Å². The van der Waals surface area contributed by atoms with Crippen molar-refractivity contribution in [2.75, 3.05) is 26.2 Å². The Morgan fingerprint density at radius 2 is 2.06 bits per heavy atom. The van der Waals surface area contributed by atoms with Gasteiger partial charge in [0.25, 0.3) is 0 Å². The number of carbonyl (C=O) groups excluding carboxylic acids is 1. The van der Waals surface area contributed by atoms with Gasteiger partial charge in [-0.25, -0.2) is 0 Å². The molecule has 0 spiro atoms. The molecule has 0 aliphatic carbocycles. The van der Waals surface area contributed by atoms with E-state index in [0.717, 1.165) is 13.1 Å². The summed E-state index contributed by atoms with van der Waals surface area (Å²) < 4.78 is 0.